The standard InChI is InChI=1S/C6H11N.ClHO4/c1-2-7-5-3-4-6-7;2-1(3,4)5/h2H,1,3-6H2;(H,2,3,4,5). The Morgan fingerprint density at radius 1 is 1.25 bits per heavy atom. The zero-order chi connectivity index (χ0) is 9.61. The van der Waals surface area contributed by atoms with Crippen LogP contribution in [0.1, 0.15) is 12.8 Å². The van der Waals surface area contributed by atoms with E-state index in [4.69, 9.17) is 18.6 Å². The largest absolute Gasteiger partial charge is 0.378 e. The Morgan fingerprint density at radius 2 is 1.58 bits per heavy atom. The van der Waals surface area contributed by atoms with Crippen LogP contribution in [0.25, 0.3) is 0 Å². The third-order valence-corrected chi connectivity index (χ3v) is 1.40. The second-order valence-corrected chi connectivity index (χ2v) is 3.11. The Labute approximate surface area is 73.3 Å². The maximum absolute atomic E-state index is 8.60. The zero-order valence-corrected chi connectivity index (χ0v) is 7.37. The van der Waals surface area contributed by atoms with E-state index in [-0.39, 0.29) is 0 Å². The lowest BCUT2D eigenvalue weighted by molar-refractivity contribution is -1.92. The van der Waals surface area contributed by atoms with Crippen LogP contribution in [-0.4, -0.2) is 22.6 Å². The van der Waals surface area contributed by atoms with Crippen LogP contribution < -0.4 is 14.0 Å². The summed E-state index contributed by atoms with van der Waals surface area (Å²) in [4.78, 5) is 2.25. The number of nitrogens with zero attached hydrogens (tertiary/aromatic N) is 1. The lowest BCUT2D eigenvalue weighted by Gasteiger charge is -2.07. The Morgan fingerprint density at radius 3 is 1.75 bits per heavy atom. The molecule has 0 atom stereocenters. The molecule has 1 N–H and O–H groups in total. The van der Waals surface area contributed by atoms with Gasteiger partial charge in [0.05, 0.1) is 14.9 Å². The molecule has 0 radical (unpaired) electrons. The van der Waals surface area contributed by atoms with E-state index in [1.807, 2.05) is 6.20 Å². The van der Waals surface area contributed by atoms with E-state index in [0.717, 1.165) is 0 Å². The Hall–Kier alpha value is -0.330. The van der Waals surface area contributed by atoms with Gasteiger partial charge in [-0.3, -0.25) is 0 Å². The molecule has 5 nitrogen and oxygen atoms in total. The molecule has 1 aliphatic rings. The van der Waals surface area contributed by atoms with Crippen molar-refractivity contribution in [1.29, 1.82) is 0 Å². The molecule has 0 aromatic heterocycles. The SMILES string of the molecule is C=CN1CCCC1.[O-][Cl+3]([O-])([O-])O. The summed E-state index contributed by atoms with van der Waals surface area (Å²) in [6.45, 7) is 6.12. The van der Waals surface area contributed by atoms with E-state index in [9.17, 15) is 0 Å². The lowest BCUT2D eigenvalue weighted by atomic mass is 10.4. The van der Waals surface area contributed by atoms with E-state index < -0.39 is 10.2 Å². The molecule has 1 aliphatic heterocycles. The first-order chi connectivity index (χ1) is 5.43. The first-order valence-corrected chi connectivity index (χ1v) is 4.69. The Balaban J connectivity index is 0.000000217. The first-order valence-electron chi connectivity index (χ1n) is 3.43. The summed E-state index contributed by atoms with van der Waals surface area (Å²) in [5, 5.41) is 0. The van der Waals surface area contributed by atoms with Crippen molar-refractivity contribution >= 4 is 0 Å². The molecule has 0 unspecified atom stereocenters. The maximum Gasteiger partial charge on any atom is 0.0777 e. The van der Waals surface area contributed by atoms with Crippen LogP contribution in [0.15, 0.2) is 12.8 Å². The van der Waals surface area contributed by atoms with E-state index >= 15 is 0 Å². The van der Waals surface area contributed by atoms with Gasteiger partial charge in [-0.15, -0.1) is 0 Å². The van der Waals surface area contributed by atoms with Gasteiger partial charge in [0.15, 0.2) is 0 Å². The molecule has 0 aliphatic carbocycles. The van der Waals surface area contributed by atoms with Crippen LogP contribution in [0.4, 0.5) is 0 Å². The van der Waals surface area contributed by atoms with Gasteiger partial charge >= 0.3 is 0 Å². The normalized spacial score (nSPS) is 16.8. The number of likely N-dealkylation sites (tertiary alicyclic amines) is 1. The molecule has 0 bridgehead atoms. The molecule has 6 heteroatoms. The van der Waals surface area contributed by atoms with Crippen molar-refractivity contribution in [1.82, 2.24) is 4.90 Å². The van der Waals surface area contributed by atoms with Crippen molar-refractivity contribution in [2.45, 2.75) is 12.8 Å². The summed E-state index contributed by atoms with van der Waals surface area (Å²) in [7, 11) is -4.69. The van der Waals surface area contributed by atoms with Crippen LogP contribution in [0.5, 0.6) is 0 Å². The second kappa shape index (κ2) is 5.34. The minimum atomic E-state index is -4.69. The average Bonchev–Trinajstić information content (AvgIpc) is 2.33. The molecule has 0 aromatic rings. The van der Waals surface area contributed by atoms with Gasteiger partial charge in [0.1, 0.15) is 0 Å². The van der Waals surface area contributed by atoms with Gasteiger partial charge in [0.25, 0.3) is 0 Å². The number of hydrogen-bond donors (Lipinski definition) is 1. The third-order valence-electron chi connectivity index (χ3n) is 1.40. The van der Waals surface area contributed by atoms with Crippen LogP contribution in [0.3, 0.4) is 0 Å². The van der Waals surface area contributed by atoms with E-state index in [1.54, 1.807) is 0 Å². The molecule has 1 rings (SSSR count). The smallest absolute Gasteiger partial charge is 0.0777 e. The van der Waals surface area contributed by atoms with E-state index in [2.05, 4.69) is 11.5 Å². The molecule has 0 saturated carbocycles. The molecular weight excluding hydrogens is 186 g/mol. The third kappa shape index (κ3) is 9.67. The molecule has 1 saturated heterocycles. The van der Waals surface area contributed by atoms with E-state index in [0.29, 0.717) is 0 Å². The van der Waals surface area contributed by atoms with Crippen LogP contribution in [-0.2, 0) is 0 Å². The summed E-state index contributed by atoms with van der Waals surface area (Å²) < 4.78 is 32.7. The fourth-order valence-electron chi connectivity index (χ4n) is 0.924. The number of halogens is 1. The number of rotatable bonds is 1. The highest BCUT2D eigenvalue weighted by Crippen LogP contribution is 2.05. The van der Waals surface area contributed by atoms with Crippen molar-refractivity contribution in [3.05, 3.63) is 12.8 Å². The molecule has 1 heterocycles. The van der Waals surface area contributed by atoms with E-state index in [1.165, 1.54) is 25.9 Å². The molecule has 1 fully saturated rings. The highest BCUT2D eigenvalue weighted by atomic mass is 35.7. The van der Waals surface area contributed by atoms with Crippen molar-refractivity contribution in [2.75, 3.05) is 13.1 Å². The van der Waals surface area contributed by atoms with Gasteiger partial charge in [-0.2, -0.15) is 14.0 Å². The zero-order valence-electron chi connectivity index (χ0n) is 6.61. The fraction of sp³-hybridized carbons (Fsp3) is 0.667. The van der Waals surface area contributed by atoms with Crippen molar-refractivity contribution in [3.63, 3.8) is 0 Å². The van der Waals surface area contributed by atoms with Gasteiger partial charge in [-0.1, -0.05) is 6.58 Å². The van der Waals surface area contributed by atoms with Crippen LogP contribution in [0, 0.1) is 10.2 Å². The Kier molecular flexibility index (Phi) is 5.19. The summed E-state index contributed by atoms with van der Waals surface area (Å²) in [5.74, 6) is 0. The quantitative estimate of drug-likeness (QED) is 0.487. The second-order valence-electron chi connectivity index (χ2n) is 2.32. The highest BCUT2D eigenvalue weighted by Gasteiger charge is 2.04. The average molecular weight is 198 g/mol. The van der Waals surface area contributed by atoms with Gasteiger partial charge in [0, 0.05) is 13.1 Å². The molecular formula is C6H12ClNO4. The van der Waals surface area contributed by atoms with Crippen LogP contribution in [0.2, 0.25) is 0 Å². The summed E-state index contributed by atoms with van der Waals surface area (Å²) in [6.07, 6.45) is 4.63. The molecule has 12 heavy (non-hydrogen) atoms. The van der Waals surface area contributed by atoms with Gasteiger partial charge in [0.2, 0.25) is 0 Å². The molecule has 0 aromatic carbocycles. The molecule has 0 amide bonds. The lowest BCUT2D eigenvalue weighted by Crippen LogP contribution is -2.58. The molecule has 72 valence electrons. The van der Waals surface area contributed by atoms with Crippen molar-refractivity contribution in [2.24, 2.45) is 0 Å². The summed E-state index contributed by atoms with van der Waals surface area (Å²) in [5.41, 5.74) is 0. The summed E-state index contributed by atoms with van der Waals surface area (Å²) in [6, 6.07) is 0. The van der Waals surface area contributed by atoms with Gasteiger partial charge < -0.3 is 4.90 Å². The topological polar surface area (TPSA) is 92.7 Å². The minimum Gasteiger partial charge on any atom is -0.378 e. The highest BCUT2D eigenvalue weighted by molar-refractivity contribution is 4.75. The minimum absolute atomic E-state index is 1.23. The number of hydrogen-bond acceptors (Lipinski definition) is 5. The van der Waals surface area contributed by atoms with Gasteiger partial charge in [-0.05, 0) is 19.0 Å². The predicted octanol–water partition coefficient (Wildman–Crippen LogP) is -2.90. The van der Waals surface area contributed by atoms with Crippen LogP contribution >= 0.6 is 0 Å². The summed E-state index contributed by atoms with van der Waals surface area (Å²) >= 11 is 0. The monoisotopic (exact) mass is 197 g/mol. The van der Waals surface area contributed by atoms with Crippen molar-refractivity contribution < 1.29 is 28.9 Å². The first kappa shape index (κ1) is 11.7. The Bertz CT molecular complexity index is 124. The molecule has 0 spiro atoms. The van der Waals surface area contributed by atoms with Crippen molar-refractivity contribution in [3.8, 4) is 0 Å². The predicted molar refractivity (Wildman–Crippen MR) is 33.2 cm³/mol. The fourth-order valence-corrected chi connectivity index (χ4v) is 0.924. The van der Waals surface area contributed by atoms with Gasteiger partial charge in [-0.25, -0.2) is 0 Å². The maximum atomic E-state index is 8.60.